The third kappa shape index (κ3) is 17.0. The minimum Gasteiger partial charge on any atom is -0.478 e. The van der Waals surface area contributed by atoms with E-state index in [1.165, 1.54) is 6.08 Å². The maximum Gasteiger partial charge on any atom is 0.328 e. The van der Waals surface area contributed by atoms with Crippen molar-refractivity contribution in [2.45, 2.75) is 83.3 Å². The number of aliphatic hydroxyl groups excluding tert-OH is 2. The summed E-state index contributed by atoms with van der Waals surface area (Å²) in [5.41, 5.74) is 0. The third-order valence-electron chi connectivity index (χ3n) is 3.91. The Hall–Kier alpha value is -1.39. The van der Waals surface area contributed by atoms with Crippen LogP contribution in [0.15, 0.2) is 36.5 Å². The van der Waals surface area contributed by atoms with E-state index in [9.17, 15) is 15.0 Å². The van der Waals surface area contributed by atoms with E-state index in [0.717, 1.165) is 70.3 Å². The summed E-state index contributed by atoms with van der Waals surface area (Å²) in [4.78, 5) is 10.2. The SMILES string of the molecule is CCC(O)CCCCCC[C@H](O)CCC/C=C/C=C/C=C/C(=O)O. The number of aliphatic carboxylic acids is 1. The van der Waals surface area contributed by atoms with Crippen molar-refractivity contribution in [3.63, 3.8) is 0 Å². The van der Waals surface area contributed by atoms with Crippen LogP contribution in [0.3, 0.4) is 0 Å². The molecule has 0 fully saturated rings. The lowest BCUT2D eigenvalue weighted by atomic mass is 10.0. The molecule has 0 aliphatic carbocycles. The number of allylic oxidation sites excluding steroid dienone is 5. The van der Waals surface area contributed by atoms with E-state index in [-0.39, 0.29) is 12.2 Å². The summed E-state index contributed by atoms with van der Waals surface area (Å²) in [6.07, 6.45) is 19.3. The van der Waals surface area contributed by atoms with Gasteiger partial charge in [0, 0.05) is 6.08 Å². The predicted molar refractivity (Wildman–Crippen MR) is 98.9 cm³/mol. The Bertz CT molecular complexity index is 385. The molecule has 138 valence electrons. The van der Waals surface area contributed by atoms with Crippen LogP contribution in [0.5, 0.6) is 0 Å². The van der Waals surface area contributed by atoms with E-state index in [0.29, 0.717) is 0 Å². The average molecular weight is 338 g/mol. The molecule has 0 saturated carbocycles. The molecule has 0 aromatic heterocycles. The second kappa shape index (κ2) is 16.5. The number of hydrogen-bond acceptors (Lipinski definition) is 3. The Morgan fingerprint density at radius 1 is 0.833 bits per heavy atom. The zero-order valence-corrected chi connectivity index (χ0v) is 14.9. The predicted octanol–water partition coefficient (Wildman–Crippen LogP) is 4.38. The van der Waals surface area contributed by atoms with Gasteiger partial charge in [-0.25, -0.2) is 4.79 Å². The van der Waals surface area contributed by atoms with Gasteiger partial charge in [0.05, 0.1) is 12.2 Å². The highest BCUT2D eigenvalue weighted by Gasteiger charge is 2.04. The van der Waals surface area contributed by atoms with Crippen LogP contribution in [0.25, 0.3) is 0 Å². The number of carbonyl (C=O) groups is 1. The number of aliphatic hydroxyl groups is 2. The van der Waals surface area contributed by atoms with Gasteiger partial charge in [-0.2, -0.15) is 0 Å². The lowest BCUT2D eigenvalue weighted by Crippen LogP contribution is -2.06. The summed E-state index contributed by atoms with van der Waals surface area (Å²) < 4.78 is 0. The smallest absolute Gasteiger partial charge is 0.328 e. The van der Waals surface area contributed by atoms with Crippen LogP contribution in [-0.2, 0) is 4.79 Å². The number of hydrogen-bond donors (Lipinski definition) is 3. The van der Waals surface area contributed by atoms with Gasteiger partial charge in [-0.05, 0) is 38.5 Å². The molecule has 3 N–H and O–H groups in total. The van der Waals surface area contributed by atoms with E-state index in [2.05, 4.69) is 0 Å². The third-order valence-corrected chi connectivity index (χ3v) is 3.91. The highest BCUT2D eigenvalue weighted by atomic mass is 16.4. The molecule has 0 aromatic rings. The molecule has 4 nitrogen and oxygen atoms in total. The zero-order valence-electron chi connectivity index (χ0n) is 14.9. The number of unbranched alkanes of at least 4 members (excludes halogenated alkanes) is 4. The minimum atomic E-state index is -0.948. The van der Waals surface area contributed by atoms with Gasteiger partial charge in [-0.15, -0.1) is 0 Å². The highest BCUT2D eigenvalue weighted by molar-refractivity contribution is 5.80. The van der Waals surface area contributed by atoms with Gasteiger partial charge in [0.2, 0.25) is 0 Å². The van der Waals surface area contributed by atoms with Gasteiger partial charge in [0.1, 0.15) is 0 Å². The standard InChI is InChI=1S/C20H34O4/c1-2-18(21)14-10-8-9-12-16-19(22)15-11-6-4-3-5-7-13-17-20(23)24/h3-5,7,13,17-19,21-22H,2,6,8-12,14-16H2,1H3,(H,23,24)/b4-3+,7-5+,17-13+/t18?,19-/m1/s1. The van der Waals surface area contributed by atoms with Gasteiger partial charge < -0.3 is 15.3 Å². The molecule has 0 rings (SSSR count). The summed E-state index contributed by atoms with van der Waals surface area (Å²) in [7, 11) is 0. The van der Waals surface area contributed by atoms with Crippen LogP contribution in [0.1, 0.15) is 71.1 Å². The first-order valence-corrected chi connectivity index (χ1v) is 9.15. The van der Waals surface area contributed by atoms with Crippen LogP contribution >= 0.6 is 0 Å². The van der Waals surface area contributed by atoms with Crippen LogP contribution in [0, 0.1) is 0 Å². The fourth-order valence-corrected chi connectivity index (χ4v) is 2.37. The van der Waals surface area contributed by atoms with Crippen molar-refractivity contribution < 1.29 is 20.1 Å². The summed E-state index contributed by atoms with van der Waals surface area (Å²) in [6, 6.07) is 0. The second-order valence-electron chi connectivity index (χ2n) is 6.15. The molecule has 0 saturated heterocycles. The van der Waals surface area contributed by atoms with Crippen LogP contribution in [0.4, 0.5) is 0 Å². The van der Waals surface area contributed by atoms with Crippen molar-refractivity contribution in [3.05, 3.63) is 36.5 Å². The van der Waals surface area contributed by atoms with Gasteiger partial charge >= 0.3 is 5.97 Å². The first kappa shape index (κ1) is 22.6. The Labute approximate surface area is 146 Å². The Kier molecular flexibility index (Phi) is 15.5. The van der Waals surface area contributed by atoms with E-state index in [4.69, 9.17) is 5.11 Å². The molecule has 0 aliphatic heterocycles. The molecule has 0 heterocycles. The highest BCUT2D eigenvalue weighted by Crippen LogP contribution is 2.13. The van der Waals surface area contributed by atoms with Gasteiger partial charge in [-0.1, -0.05) is 63.0 Å². The fourth-order valence-electron chi connectivity index (χ4n) is 2.37. The molecule has 0 spiro atoms. The fraction of sp³-hybridized carbons (Fsp3) is 0.650. The molecule has 0 radical (unpaired) electrons. The first-order valence-electron chi connectivity index (χ1n) is 9.15. The molecule has 0 bridgehead atoms. The van der Waals surface area contributed by atoms with Gasteiger partial charge in [0.15, 0.2) is 0 Å². The number of carboxylic acids is 1. The number of carboxylic acid groups (broad SMARTS) is 1. The van der Waals surface area contributed by atoms with Crippen LogP contribution < -0.4 is 0 Å². The molecule has 0 amide bonds. The molecule has 0 aliphatic rings. The van der Waals surface area contributed by atoms with Gasteiger partial charge in [-0.3, -0.25) is 0 Å². The van der Waals surface area contributed by atoms with Crippen LogP contribution in [0.2, 0.25) is 0 Å². The van der Waals surface area contributed by atoms with Crippen molar-refractivity contribution in [1.29, 1.82) is 0 Å². The molecule has 24 heavy (non-hydrogen) atoms. The lowest BCUT2D eigenvalue weighted by molar-refractivity contribution is -0.131. The van der Waals surface area contributed by atoms with Gasteiger partial charge in [0.25, 0.3) is 0 Å². The Morgan fingerprint density at radius 2 is 1.42 bits per heavy atom. The molecule has 0 aromatic carbocycles. The summed E-state index contributed by atoms with van der Waals surface area (Å²) in [6.45, 7) is 2.00. The monoisotopic (exact) mass is 338 g/mol. The summed E-state index contributed by atoms with van der Waals surface area (Å²) in [5, 5.41) is 27.8. The maximum atomic E-state index is 10.2. The van der Waals surface area contributed by atoms with Crippen molar-refractivity contribution in [3.8, 4) is 0 Å². The van der Waals surface area contributed by atoms with E-state index >= 15 is 0 Å². The topological polar surface area (TPSA) is 77.8 Å². The zero-order chi connectivity index (χ0) is 18.0. The molecule has 2 atom stereocenters. The van der Waals surface area contributed by atoms with E-state index in [1.54, 1.807) is 12.2 Å². The Morgan fingerprint density at radius 3 is 2.04 bits per heavy atom. The minimum absolute atomic E-state index is 0.147. The van der Waals surface area contributed by atoms with Crippen molar-refractivity contribution in [2.24, 2.45) is 0 Å². The van der Waals surface area contributed by atoms with Crippen molar-refractivity contribution in [2.75, 3.05) is 0 Å². The lowest BCUT2D eigenvalue weighted by Gasteiger charge is -2.10. The Balaban J connectivity index is 3.46. The van der Waals surface area contributed by atoms with Crippen molar-refractivity contribution in [1.82, 2.24) is 0 Å². The average Bonchev–Trinajstić information content (AvgIpc) is 2.55. The first-order chi connectivity index (χ1) is 11.6. The molecular formula is C20H34O4. The summed E-state index contributed by atoms with van der Waals surface area (Å²) >= 11 is 0. The molecular weight excluding hydrogens is 304 g/mol. The van der Waals surface area contributed by atoms with E-state index < -0.39 is 5.97 Å². The quantitative estimate of drug-likeness (QED) is 0.235. The normalized spacial score (nSPS) is 14.8. The van der Waals surface area contributed by atoms with Crippen molar-refractivity contribution >= 4 is 5.97 Å². The molecule has 1 unspecified atom stereocenters. The number of rotatable bonds is 15. The maximum absolute atomic E-state index is 10.2. The van der Waals surface area contributed by atoms with E-state index in [1.807, 2.05) is 19.1 Å². The largest absolute Gasteiger partial charge is 0.478 e. The van der Waals surface area contributed by atoms with Crippen LogP contribution in [-0.4, -0.2) is 33.5 Å². The summed E-state index contributed by atoms with van der Waals surface area (Å²) in [5.74, 6) is -0.948. The second-order valence-corrected chi connectivity index (χ2v) is 6.15. The molecule has 4 heteroatoms.